The molecule has 0 saturated carbocycles. The summed E-state index contributed by atoms with van der Waals surface area (Å²) in [5.41, 5.74) is 0.198. The average molecular weight is 322 g/mol. The van der Waals surface area contributed by atoms with Crippen LogP contribution in [0.5, 0.6) is 0 Å². The zero-order valence-electron chi connectivity index (χ0n) is 15.4. The highest BCUT2D eigenvalue weighted by molar-refractivity contribution is 5.10. The van der Waals surface area contributed by atoms with Crippen molar-refractivity contribution in [2.24, 2.45) is 11.8 Å². The summed E-state index contributed by atoms with van der Waals surface area (Å²) < 4.78 is 5.77. The van der Waals surface area contributed by atoms with Gasteiger partial charge in [0, 0.05) is 6.42 Å². The molecule has 23 heavy (non-hydrogen) atoms. The minimum atomic E-state index is -0.992. The third-order valence-corrected chi connectivity index (χ3v) is 5.48. The normalized spacial score (nSPS) is 42.8. The van der Waals surface area contributed by atoms with E-state index in [-0.39, 0.29) is 11.7 Å². The molecule has 0 aromatic rings. The Morgan fingerprint density at radius 3 is 2.65 bits per heavy atom. The largest absolute Gasteiger partial charge is 0.390 e. The molecule has 1 heterocycles. The molecule has 5 atom stereocenters. The second-order valence-electron chi connectivity index (χ2n) is 8.37. The number of allylic oxidation sites excluding steroid dienone is 3. The third-order valence-electron chi connectivity index (χ3n) is 5.48. The van der Waals surface area contributed by atoms with Gasteiger partial charge in [-0.25, -0.2) is 0 Å². The van der Waals surface area contributed by atoms with Crippen LogP contribution < -0.4 is 0 Å². The van der Waals surface area contributed by atoms with Crippen molar-refractivity contribution in [1.29, 1.82) is 0 Å². The molecule has 3 nitrogen and oxygen atoms in total. The van der Waals surface area contributed by atoms with Crippen LogP contribution in [0.3, 0.4) is 0 Å². The maximum absolute atomic E-state index is 10.6. The summed E-state index contributed by atoms with van der Waals surface area (Å²) in [6.45, 7) is 10.5. The van der Waals surface area contributed by atoms with E-state index < -0.39 is 11.7 Å². The topological polar surface area (TPSA) is 53.0 Å². The summed E-state index contributed by atoms with van der Waals surface area (Å²) in [6.07, 6.45) is 10.0. The molecule has 0 aromatic heterocycles. The van der Waals surface area contributed by atoms with E-state index in [1.165, 1.54) is 5.57 Å². The van der Waals surface area contributed by atoms with Crippen LogP contribution in [0.2, 0.25) is 0 Å². The Bertz CT molecular complexity index is 464. The molecule has 0 spiro atoms. The second-order valence-corrected chi connectivity index (χ2v) is 8.37. The number of epoxide rings is 1. The van der Waals surface area contributed by atoms with Gasteiger partial charge in [0.15, 0.2) is 0 Å². The second kappa shape index (κ2) is 7.08. The fourth-order valence-electron chi connectivity index (χ4n) is 3.63. The van der Waals surface area contributed by atoms with Gasteiger partial charge in [-0.3, -0.25) is 0 Å². The van der Waals surface area contributed by atoms with Gasteiger partial charge in [-0.1, -0.05) is 37.6 Å². The van der Waals surface area contributed by atoms with Crippen LogP contribution in [0.4, 0.5) is 0 Å². The van der Waals surface area contributed by atoms with Crippen molar-refractivity contribution < 1.29 is 14.9 Å². The number of aliphatic hydroxyl groups excluding tert-OH is 1. The van der Waals surface area contributed by atoms with Crippen LogP contribution in [0, 0.1) is 11.8 Å². The Morgan fingerprint density at radius 2 is 2.00 bits per heavy atom. The summed E-state index contributed by atoms with van der Waals surface area (Å²) in [5, 5.41) is 21.0. The molecule has 2 N–H and O–H groups in total. The van der Waals surface area contributed by atoms with Crippen molar-refractivity contribution in [3.63, 3.8) is 0 Å². The molecule has 2 rings (SSSR count). The van der Waals surface area contributed by atoms with Crippen LogP contribution in [-0.4, -0.2) is 33.6 Å². The Balaban J connectivity index is 2.16. The first-order valence-electron chi connectivity index (χ1n) is 9.06. The number of aliphatic hydroxyl groups is 2. The first-order chi connectivity index (χ1) is 10.6. The van der Waals surface area contributed by atoms with Crippen LogP contribution in [0.1, 0.15) is 66.7 Å². The lowest BCUT2D eigenvalue weighted by Crippen LogP contribution is -2.33. The number of rotatable bonds is 1. The van der Waals surface area contributed by atoms with Crippen molar-refractivity contribution in [2.45, 2.75) is 90.1 Å². The smallest absolute Gasteiger partial charge is 0.113 e. The van der Waals surface area contributed by atoms with Gasteiger partial charge in [0.1, 0.15) is 6.10 Å². The lowest BCUT2D eigenvalue weighted by Gasteiger charge is -2.25. The van der Waals surface area contributed by atoms with Crippen molar-refractivity contribution in [2.75, 3.05) is 0 Å². The summed E-state index contributed by atoms with van der Waals surface area (Å²) in [4.78, 5) is 0. The molecular formula is C20H34O3. The summed E-state index contributed by atoms with van der Waals surface area (Å²) in [6, 6.07) is 0. The lowest BCUT2D eigenvalue weighted by molar-refractivity contribution is 0.0275. The van der Waals surface area contributed by atoms with E-state index in [1.54, 1.807) is 6.92 Å². The van der Waals surface area contributed by atoms with Crippen molar-refractivity contribution in [1.82, 2.24) is 0 Å². The maximum atomic E-state index is 10.6. The van der Waals surface area contributed by atoms with Crippen LogP contribution in [0.15, 0.2) is 23.8 Å². The maximum Gasteiger partial charge on any atom is 0.113 e. The molecule has 0 radical (unpaired) electrons. The number of hydrogen-bond acceptors (Lipinski definition) is 3. The molecule has 0 bridgehead atoms. The highest BCUT2D eigenvalue weighted by Gasteiger charge is 2.55. The van der Waals surface area contributed by atoms with Gasteiger partial charge in [-0.05, 0) is 58.3 Å². The number of ether oxygens (including phenoxy) is 1. The number of fused-ring (bicyclic) bond motifs is 1. The lowest BCUT2D eigenvalue weighted by atomic mass is 9.85. The molecule has 1 aliphatic carbocycles. The monoisotopic (exact) mass is 322 g/mol. The summed E-state index contributed by atoms with van der Waals surface area (Å²) in [5.74, 6) is 0.995. The van der Waals surface area contributed by atoms with Gasteiger partial charge in [-0.2, -0.15) is 0 Å². The first kappa shape index (κ1) is 18.7. The zero-order chi connectivity index (χ0) is 17.3. The minimum Gasteiger partial charge on any atom is -0.390 e. The standard InChI is InChI=1S/C20H34O3/c1-14(2)16-9-8-15(3)7-6-11-20(5)18(23-20)17(21)13-19(4,22)12-10-16/h7,10,12,14,16-18,21-22H,6,8-9,11,13H2,1-5H3. The van der Waals surface area contributed by atoms with Crippen molar-refractivity contribution in [3.05, 3.63) is 23.8 Å². The van der Waals surface area contributed by atoms with E-state index in [9.17, 15) is 10.2 Å². The summed E-state index contributed by atoms with van der Waals surface area (Å²) >= 11 is 0. The predicted octanol–water partition coefficient (Wildman–Crippen LogP) is 3.99. The zero-order valence-corrected chi connectivity index (χ0v) is 15.4. The molecule has 0 aromatic carbocycles. The molecule has 1 fully saturated rings. The van der Waals surface area contributed by atoms with E-state index in [0.29, 0.717) is 18.3 Å². The Hall–Kier alpha value is -0.640. The third kappa shape index (κ3) is 5.17. The highest BCUT2D eigenvalue weighted by atomic mass is 16.6. The summed E-state index contributed by atoms with van der Waals surface area (Å²) in [7, 11) is 0. The van der Waals surface area contributed by atoms with E-state index in [4.69, 9.17) is 4.74 Å². The SMILES string of the molecule is CC1=CCCC2(C)OC2C(O)CC(C)(O)C=CC(C(C)C)CC1. The van der Waals surface area contributed by atoms with Crippen LogP contribution >= 0.6 is 0 Å². The molecule has 5 unspecified atom stereocenters. The van der Waals surface area contributed by atoms with E-state index >= 15 is 0 Å². The fraction of sp³-hybridized carbons (Fsp3) is 0.800. The van der Waals surface area contributed by atoms with Crippen LogP contribution in [-0.2, 0) is 4.74 Å². The molecule has 1 aliphatic heterocycles. The highest BCUT2D eigenvalue weighted by Crippen LogP contribution is 2.44. The number of hydrogen-bond donors (Lipinski definition) is 2. The van der Waals surface area contributed by atoms with Gasteiger partial charge in [0.2, 0.25) is 0 Å². The Labute approximate surface area is 141 Å². The van der Waals surface area contributed by atoms with Gasteiger partial charge >= 0.3 is 0 Å². The van der Waals surface area contributed by atoms with Crippen LogP contribution in [0.25, 0.3) is 0 Å². The fourth-order valence-corrected chi connectivity index (χ4v) is 3.63. The van der Waals surface area contributed by atoms with Gasteiger partial charge < -0.3 is 14.9 Å². The molecule has 0 amide bonds. The Morgan fingerprint density at radius 1 is 1.30 bits per heavy atom. The van der Waals surface area contributed by atoms with E-state index in [2.05, 4.69) is 39.8 Å². The van der Waals surface area contributed by atoms with Crippen molar-refractivity contribution >= 4 is 0 Å². The Kier molecular flexibility index (Phi) is 5.76. The van der Waals surface area contributed by atoms with Gasteiger partial charge in [0.05, 0.1) is 17.3 Å². The predicted molar refractivity (Wildman–Crippen MR) is 94.2 cm³/mol. The molecule has 1 saturated heterocycles. The van der Waals surface area contributed by atoms with Gasteiger partial charge in [0.25, 0.3) is 0 Å². The quantitative estimate of drug-likeness (QED) is 0.567. The average Bonchev–Trinajstić information content (AvgIpc) is 3.09. The van der Waals surface area contributed by atoms with E-state index in [1.807, 2.05) is 6.08 Å². The molecule has 3 heteroatoms. The van der Waals surface area contributed by atoms with E-state index in [0.717, 1.165) is 25.7 Å². The molecular weight excluding hydrogens is 288 g/mol. The molecule has 2 aliphatic rings. The van der Waals surface area contributed by atoms with Crippen molar-refractivity contribution in [3.8, 4) is 0 Å². The minimum absolute atomic E-state index is 0.153. The van der Waals surface area contributed by atoms with Gasteiger partial charge in [-0.15, -0.1) is 0 Å². The first-order valence-corrected chi connectivity index (χ1v) is 9.06. The molecule has 132 valence electrons.